The Balaban J connectivity index is 1.64. The van der Waals surface area contributed by atoms with E-state index in [2.05, 4.69) is 27.6 Å². The predicted molar refractivity (Wildman–Crippen MR) is 102 cm³/mol. The lowest BCUT2D eigenvalue weighted by atomic mass is 10.1. The summed E-state index contributed by atoms with van der Waals surface area (Å²) in [7, 11) is 0. The molecule has 1 saturated carbocycles. The van der Waals surface area contributed by atoms with Gasteiger partial charge < -0.3 is 9.64 Å². The van der Waals surface area contributed by atoms with Gasteiger partial charge in [-0.15, -0.1) is 0 Å². The maximum Gasteiger partial charge on any atom is 0.358 e. The van der Waals surface area contributed by atoms with Crippen LogP contribution in [0.15, 0.2) is 24.5 Å². The van der Waals surface area contributed by atoms with Crippen LogP contribution in [-0.4, -0.2) is 39.5 Å². The third-order valence-corrected chi connectivity index (χ3v) is 6.34. The van der Waals surface area contributed by atoms with Crippen molar-refractivity contribution in [2.45, 2.75) is 31.7 Å². The van der Waals surface area contributed by atoms with Gasteiger partial charge in [0.25, 0.3) is 5.91 Å². The van der Waals surface area contributed by atoms with Crippen molar-refractivity contribution in [2.24, 2.45) is 5.92 Å². The summed E-state index contributed by atoms with van der Waals surface area (Å²) in [5.41, 5.74) is 2.62. The largest absolute Gasteiger partial charge is 0.461 e. The molecular formula is C19H18IN3O3. The lowest BCUT2D eigenvalue weighted by Crippen LogP contribution is -2.30. The number of carbonyl (C=O) groups is 2. The van der Waals surface area contributed by atoms with Crippen LogP contribution in [0.2, 0.25) is 0 Å². The van der Waals surface area contributed by atoms with Gasteiger partial charge in [0.15, 0.2) is 5.69 Å². The zero-order valence-electron chi connectivity index (χ0n) is 14.2. The molecule has 1 aromatic heterocycles. The molecule has 1 aromatic carbocycles. The fraction of sp³-hybridized carbons (Fsp3) is 0.421. The first kappa shape index (κ1) is 16.3. The minimum absolute atomic E-state index is 0.0356. The summed E-state index contributed by atoms with van der Waals surface area (Å²) in [4.78, 5) is 32.1. The Kier molecular flexibility index (Phi) is 3.80. The molecule has 134 valence electrons. The first-order valence-corrected chi connectivity index (χ1v) is 10.1. The molecular weight excluding hydrogens is 445 g/mol. The summed E-state index contributed by atoms with van der Waals surface area (Å²) in [5.74, 6) is 0.166. The number of fused-ring (bicyclic) bond motifs is 5. The maximum absolute atomic E-state index is 13.2. The number of hydrogen-bond donors (Lipinski definition) is 0. The Morgan fingerprint density at radius 2 is 2.15 bits per heavy atom. The molecule has 3 heterocycles. The molecule has 6 nitrogen and oxygen atoms in total. The fourth-order valence-corrected chi connectivity index (χ4v) is 4.65. The predicted octanol–water partition coefficient (Wildman–Crippen LogP) is 3.33. The van der Waals surface area contributed by atoms with E-state index in [4.69, 9.17) is 4.74 Å². The number of rotatable bonds is 3. The Bertz CT molecular complexity index is 919. The number of carbonyl (C=O) groups excluding carboxylic acids is 2. The van der Waals surface area contributed by atoms with Gasteiger partial charge >= 0.3 is 5.97 Å². The van der Waals surface area contributed by atoms with Crippen molar-refractivity contribution in [3.63, 3.8) is 0 Å². The van der Waals surface area contributed by atoms with Gasteiger partial charge in [-0.25, -0.2) is 9.78 Å². The van der Waals surface area contributed by atoms with Gasteiger partial charge in [-0.3, -0.25) is 9.36 Å². The Morgan fingerprint density at radius 1 is 1.31 bits per heavy atom. The third kappa shape index (κ3) is 2.47. The molecule has 1 saturated heterocycles. The van der Waals surface area contributed by atoms with Crippen LogP contribution >= 0.6 is 22.6 Å². The number of benzene rings is 1. The number of halogens is 1. The summed E-state index contributed by atoms with van der Waals surface area (Å²) in [6.45, 7) is 1.17. The zero-order valence-corrected chi connectivity index (χ0v) is 16.3. The summed E-state index contributed by atoms with van der Waals surface area (Å²) in [6.07, 6.45) is 5.69. The van der Waals surface area contributed by atoms with Gasteiger partial charge in [-0.1, -0.05) is 6.07 Å². The number of imidazole rings is 1. The van der Waals surface area contributed by atoms with Gasteiger partial charge in [0.1, 0.15) is 6.33 Å². The average Bonchev–Trinajstić information content (AvgIpc) is 3.18. The molecule has 0 unspecified atom stereocenters. The smallest absolute Gasteiger partial charge is 0.358 e. The second kappa shape index (κ2) is 6.07. The first-order chi connectivity index (χ1) is 12.6. The summed E-state index contributed by atoms with van der Waals surface area (Å²) in [5, 5.41) is 0. The van der Waals surface area contributed by atoms with E-state index in [1.807, 2.05) is 27.7 Å². The highest BCUT2D eigenvalue weighted by atomic mass is 127. The second-order valence-corrected chi connectivity index (χ2v) is 8.34. The molecule has 1 amide bonds. The van der Waals surface area contributed by atoms with E-state index in [1.54, 1.807) is 6.33 Å². The third-order valence-electron chi connectivity index (χ3n) is 5.44. The average molecular weight is 463 g/mol. The Morgan fingerprint density at radius 3 is 2.96 bits per heavy atom. The molecule has 3 aliphatic rings. The van der Waals surface area contributed by atoms with Crippen molar-refractivity contribution < 1.29 is 14.3 Å². The van der Waals surface area contributed by atoms with Crippen LogP contribution in [0.3, 0.4) is 0 Å². The minimum Gasteiger partial charge on any atom is -0.461 e. The molecule has 0 N–H and O–H groups in total. The van der Waals surface area contributed by atoms with E-state index in [0.29, 0.717) is 30.3 Å². The van der Waals surface area contributed by atoms with Crippen molar-refractivity contribution >= 4 is 34.5 Å². The maximum atomic E-state index is 13.2. The highest BCUT2D eigenvalue weighted by Crippen LogP contribution is 2.41. The lowest BCUT2D eigenvalue weighted by Gasteiger charge is -2.23. The van der Waals surface area contributed by atoms with Crippen molar-refractivity contribution in [3.8, 4) is 5.69 Å². The van der Waals surface area contributed by atoms with Gasteiger partial charge in [-0.2, -0.15) is 0 Å². The van der Waals surface area contributed by atoms with Crippen LogP contribution in [-0.2, 0) is 4.74 Å². The van der Waals surface area contributed by atoms with Crippen LogP contribution in [0.1, 0.15) is 58.3 Å². The summed E-state index contributed by atoms with van der Waals surface area (Å²) < 4.78 is 8.31. The Labute approximate surface area is 164 Å². The van der Waals surface area contributed by atoms with E-state index in [1.165, 1.54) is 0 Å². The number of ether oxygens (including phenoxy) is 1. The van der Waals surface area contributed by atoms with E-state index < -0.39 is 0 Å². The molecule has 0 bridgehead atoms. The highest BCUT2D eigenvalue weighted by Gasteiger charge is 2.41. The molecule has 5 rings (SSSR count). The number of hydrogen-bond acceptors (Lipinski definition) is 4. The molecule has 0 spiro atoms. The first-order valence-electron chi connectivity index (χ1n) is 8.99. The van der Waals surface area contributed by atoms with Crippen molar-refractivity contribution in [3.05, 3.63) is 45.0 Å². The summed E-state index contributed by atoms with van der Waals surface area (Å²) >= 11 is 2.20. The minimum atomic E-state index is -0.376. The van der Waals surface area contributed by atoms with E-state index in [9.17, 15) is 9.59 Å². The van der Waals surface area contributed by atoms with Crippen LogP contribution in [0.25, 0.3) is 5.69 Å². The molecule has 26 heavy (non-hydrogen) atoms. The topological polar surface area (TPSA) is 64.4 Å². The lowest BCUT2D eigenvalue weighted by molar-refractivity contribution is 0.0473. The standard InChI is InChI=1S/C19H18IN3O3/c20-12-3-1-4-13-15(12)18(24)22-8-2-5-14(22)17-16(21-10-23(13)17)19(25)26-9-11-6-7-11/h1,3-4,10-11,14H,2,5-9H2/t14-/m0/s1. The van der Waals surface area contributed by atoms with Crippen molar-refractivity contribution in [1.82, 2.24) is 14.5 Å². The van der Waals surface area contributed by atoms with E-state index in [-0.39, 0.29) is 17.9 Å². The highest BCUT2D eigenvalue weighted by molar-refractivity contribution is 14.1. The van der Waals surface area contributed by atoms with Gasteiger partial charge in [0.05, 0.1) is 29.6 Å². The fourth-order valence-electron chi connectivity index (χ4n) is 3.93. The zero-order chi connectivity index (χ0) is 17.8. The molecule has 2 aliphatic heterocycles. The van der Waals surface area contributed by atoms with E-state index >= 15 is 0 Å². The van der Waals surface area contributed by atoms with Crippen molar-refractivity contribution in [2.75, 3.05) is 13.2 Å². The van der Waals surface area contributed by atoms with Crippen molar-refractivity contribution in [1.29, 1.82) is 0 Å². The second-order valence-electron chi connectivity index (χ2n) is 7.18. The van der Waals surface area contributed by atoms with E-state index in [0.717, 1.165) is 40.6 Å². The SMILES string of the molecule is O=C(OCC1CC1)c1ncn2c1[C@@H]1CCCN1C(=O)c1c(I)cccc1-2. The number of aromatic nitrogens is 2. The van der Waals surface area contributed by atoms with Gasteiger partial charge in [0.2, 0.25) is 0 Å². The Hall–Kier alpha value is -1.90. The monoisotopic (exact) mass is 463 g/mol. The summed E-state index contributed by atoms with van der Waals surface area (Å²) in [6, 6.07) is 5.66. The molecule has 1 atom stereocenters. The van der Waals surface area contributed by atoms with Crippen LogP contribution in [0.4, 0.5) is 0 Å². The number of nitrogens with zero attached hydrogens (tertiary/aromatic N) is 3. The van der Waals surface area contributed by atoms with Gasteiger partial charge in [0, 0.05) is 10.1 Å². The molecule has 2 aromatic rings. The van der Waals surface area contributed by atoms with Crippen LogP contribution in [0, 0.1) is 9.49 Å². The number of amides is 1. The van der Waals surface area contributed by atoms with Crippen LogP contribution < -0.4 is 0 Å². The normalized spacial score (nSPS) is 21.0. The number of esters is 1. The van der Waals surface area contributed by atoms with Crippen LogP contribution in [0.5, 0.6) is 0 Å². The quantitative estimate of drug-likeness (QED) is 0.518. The molecule has 0 radical (unpaired) electrons. The molecule has 1 aliphatic carbocycles. The molecule has 2 fully saturated rings. The molecule has 7 heteroatoms. The van der Waals surface area contributed by atoms with Gasteiger partial charge in [-0.05, 0) is 66.3 Å².